The van der Waals surface area contributed by atoms with Crippen molar-refractivity contribution in [2.75, 3.05) is 5.75 Å². The third-order valence-corrected chi connectivity index (χ3v) is 6.10. The van der Waals surface area contributed by atoms with Gasteiger partial charge in [-0.15, -0.1) is 0 Å². The van der Waals surface area contributed by atoms with Crippen LogP contribution in [0.5, 0.6) is 0 Å². The van der Waals surface area contributed by atoms with Crippen molar-refractivity contribution >= 4 is 43.2 Å². The van der Waals surface area contributed by atoms with Gasteiger partial charge in [-0.25, -0.2) is 8.42 Å². The van der Waals surface area contributed by atoms with E-state index in [9.17, 15) is 13.2 Å². The topological polar surface area (TPSA) is 51.2 Å². The fourth-order valence-corrected chi connectivity index (χ4v) is 3.96. The summed E-state index contributed by atoms with van der Waals surface area (Å²) in [5.41, 5.74) is 2.50. The molecule has 0 aliphatic carbocycles. The third-order valence-electron chi connectivity index (χ3n) is 3.47. The van der Waals surface area contributed by atoms with Crippen molar-refractivity contribution in [2.45, 2.75) is 19.6 Å². The zero-order valence-electron chi connectivity index (χ0n) is 12.8. The lowest BCUT2D eigenvalue weighted by Gasteiger charge is -2.09. The summed E-state index contributed by atoms with van der Waals surface area (Å²) in [4.78, 5) is 12.6. The molecule has 0 radical (unpaired) electrons. The number of ketones is 1. The monoisotopic (exact) mass is 414 g/mol. The van der Waals surface area contributed by atoms with E-state index < -0.39 is 9.84 Å². The van der Waals surface area contributed by atoms with Gasteiger partial charge in [-0.05, 0) is 42.3 Å². The first kappa shape index (κ1) is 18.2. The Labute approximate surface area is 149 Å². The Morgan fingerprint density at radius 1 is 1.13 bits per heavy atom. The van der Waals surface area contributed by atoms with E-state index in [0.29, 0.717) is 26.2 Å². The molecule has 3 nitrogen and oxygen atoms in total. The van der Waals surface area contributed by atoms with Crippen LogP contribution in [0.2, 0.25) is 5.02 Å². The van der Waals surface area contributed by atoms with Gasteiger partial charge >= 0.3 is 0 Å². The quantitative estimate of drug-likeness (QED) is 0.672. The SMILES string of the molecule is CCS(=O)(=O)Cc1ccc(C(=O)c2ccc(C)cc2Cl)c(Br)c1. The Balaban J connectivity index is 2.35. The van der Waals surface area contributed by atoms with Gasteiger partial charge in [0.1, 0.15) is 0 Å². The second kappa shape index (κ2) is 7.16. The van der Waals surface area contributed by atoms with Crippen molar-refractivity contribution in [3.63, 3.8) is 0 Å². The number of halogens is 2. The van der Waals surface area contributed by atoms with E-state index in [-0.39, 0.29) is 17.3 Å². The predicted molar refractivity (Wildman–Crippen MR) is 96.9 cm³/mol. The van der Waals surface area contributed by atoms with Crippen molar-refractivity contribution in [3.8, 4) is 0 Å². The highest BCUT2D eigenvalue weighted by atomic mass is 79.9. The highest BCUT2D eigenvalue weighted by molar-refractivity contribution is 9.10. The highest BCUT2D eigenvalue weighted by Gasteiger charge is 2.17. The van der Waals surface area contributed by atoms with Crippen LogP contribution >= 0.6 is 27.5 Å². The first-order chi connectivity index (χ1) is 10.7. The van der Waals surface area contributed by atoms with Crippen LogP contribution in [0.15, 0.2) is 40.9 Å². The van der Waals surface area contributed by atoms with E-state index in [1.54, 1.807) is 37.3 Å². The Kier molecular flexibility index (Phi) is 5.65. The van der Waals surface area contributed by atoms with E-state index in [1.807, 2.05) is 13.0 Å². The zero-order valence-corrected chi connectivity index (χ0v) is 15.9. The summed E-state index contributed by atoms with van der Waals surface area (Å²) in [6.07, 6.45) is 0. The number of benzene rings is 2. The molecule has 0 atom stereocenters. The van der Waals surface area contributed by atoms with E-state index in [1.165, 1.54) is 0 Å². The van der Waals surface area contributed by atoms with Crippen molar-refractivity contribution in [2.24, 2.45) is 0 Å². The molecule has 122 valence electrons. The van der Waals surface area contributed by atoms with Gasteiger partial charge in [0.25, 0.3) is 0 Å². The number of carbonyl (C=O) groups excluding carboxylic acids is 1. The summed E-state index contributed by atoms with van der Waals surface area (Å²) in [5, 5.41) is 0.402. The first-order valence-electron chi connectivity index (χ1n) is 7.03. The number of hydrogen-bond donors (Lipinski definition) is 0. The van der Waals surface area contributed by atoms with Crippen LogP contribution < -0.4 is 0 Å². The standard InChI is InChI=1S/C17H16BrClO3S/c1-3-23(21,22)10-12-5-7-13(15(18)9-12)17(20)14-6-4-11(2)8-16(14)19/h4-9H,3,10H2,1-2H3. The van der Waals surface area contributed by atoms with Crippen LogP contribution in [0.1, 0.15) is 34.0 Å². The lowest BCUT2D eigenvalue weighted by atomic mass is 10.0. The highest BCUT2D eigenvalue weighted by Crippen LogP contribution is 2.26. The molecule has 0 fully saturated rings. The lowest BCUT2D eigenvalue weighted by molar-refractivity contribution is 0.103. The average Bonchev–Trinajstić information content (AvgIpc) is 2.46. The molecule has 0 saturated carbocycles. The molecule has 23 heavy (non-hydrogen) atoms. The molecule has 0 aliphatic heterocycles. The van der Waals surface area contributed by atoms with Crippen LogP contribution in [0.4, 0.5) is 0 Å². The molecule has 0 unspecified atom stereocenters. The summed E-state index contributed by atoms with van der Waals surface area (Å²) in [6.45, 7) is 3.51. The van der Waals surface area contributed by atoms with E-state index in [0.717, 1.165) is 5.56 Å². The molecule has 0 aromatic heterocycles. The fourth-order valence-electron chi connectivity index (χ4n) is 2.14. The molecule has 0 N–H and O–H groups in total. The Hall–Kier alpha value is -1.17. The molecular weight excluding hydrogens is 400 g/mol. The van der Waals surface area contributed by atoms with Crippen molar-refractivity contribution in [1.82, 2.24) is 0 Å². The van der Waals surface area contributed by atoms with Crippen LogP contribution in [0.25, 0.3) is 0 Å². The molecule has 0 aliphatic rings. The molecule has 0 amide bonds. The first-order valence-corrected chi connectivity index (χ1v) is 10.0. The maximum atomic E-state index is 12.6. The number of sulfone groups is 1. The summed E-state index contributed by atoms with van der Waals surface area (Å²) >= 11 is 9.50. The fraction of sp³-hybridized carbons (Fsp3) is 0.235. The molecule has 0 bridgehead atoms. The van der Waals surface area contributed by atoms with Gasteiger partial charge in [0.2, 0.25) is 0 Å². The van der Waals surface area contributed by atoms with Crippen LogP contribution in [-0.4, -0.2) is 20.0 Å². The van der Waals surface area contributed by atoms with Gasteiger partial charge in [0, 0.05) is 21.4 Å². The van der Waals surface area contributed by atoms with Crippen LogP contribution in [0.3, 0.4) is 0 Å². The van der Waals surface area contributed by atoms with Gasteiger partial charge in [-0.2, -0.15) is 0 Å². The van der Waals surface area contributed by atoms with E-state index in [2.05, 4.69) is 15.9 Å². The minimum Gasteiger partial charge on any atom is -0.289 e. The summed E-state index contributed by atoms with van der Waals surface area (Å²) in [5.74, 6) is -0.154. The maximum Gasteiger partial charge on any atom is 0.195 e. The van der Waals surface area contributed by atoms with Crippen molar-refractivity contribution in [3.05, 3.63) is 68.1 Å². The maximum absolute atomic E-state index is 12.6. The number of carbonyl (C=O) groups is 1. The predicted octanol–water partition coefficient (Wildman–Crippen LogP) is 4.58. The smallest absolute Gasteiger partial charge is 0.195 e. The number of rotatable bonds is 5. The molecule has 0 heterocycles. The van der Waals surface area contributed by atoms with Gasteiger partial charge < -0.3 is 0 Å². The molecule has 2 aromatic rings. The largest absolute Gasteiger partial charge is 0.289 e. The van der Waals surface area contributed by atoms with Gasteiger partial charge in [0.15, 0.2) is 15.6 Å². The minimum atomic E-state index is -3.11. The lowest BCUT2D eigenvalue weighted by Crippen LogP contribution is -2.08. The summed E-state index contributed by atoms with van der Waals surface area (Å²) in [7, 11) is -3.11. The average molecular weight is 416 g/mol. The van der Waals surface area contributed by atoms with Crippen LogP contribution in [0, 0.1) is 6.92 Å². The van der Waals surface area contributed by atoms with Gasteiger partial charge in [-0.1, -0.05) is 46.6 Å². The van der Waals surface area contributed by atoms with Gasteiger partial charge in [-0.3, -0.25) is 4.79 Å². The van der Waals surface area contributed by atoms with Crippen molar-refractivity contribution < 1.29 is 13.2 Å². The molecule has 0 spiro atoms. The van der Waals surface area contributed by atoms with Crippen LogP contribution in [-0.2, 0) is 15.6 Å². The second-order valence-electron chi connectivity index (χ2n) is 5.30. The van der Waals surface area contributed by atoms with E-state index in [4.69, 9.17) is 11.6 Å². The molecule has 2 aromatic carbocycles. The molecule has 2 rings (SSSR count). The number of aryl methyl sites for hydroxylation is 1. The normalized spacial score (nSPS) is 11.5. The molecular formula is C17H16BrClO3S. The Bertz CT molecular complexity index is 860. The second-order valence-corrected chi connectivity index (χ2v) is 8.92. The molecule has 0 saturated heterocycles. The Morgan fingerprint density at radius 3 is 2.35 bits per heavy atom. The summed E-state index contributed by atoms with van der Waals surface area (Å²) in [6, 6.07) is 10.2. The van der Waals surface area contributed by atoms with Crippen molar-refractivity contribution in [1.29, 1.82) is 0 Å². The third kappa shape index (κ3) is 4.43. The number of hydrogen-bond acceptors (Lipinski definition) is 3. The minimum absolute atomic E-state index is 0.0398. The summed E-state index contributed by atoms with van der Waals surface area (Å²) < 4.78 is 24.0. The Morgan fingerprint density at radius 2 is 1.78 bits per heavy atom. The molecule has 6 heteroatoms. The van der Waals surface area contributed by atoms with Gasteiger partial charge in [0.05, 0.1) is 10.8 Å². The zero-order chi connectivity index (χ0) is 17.2. The van der Waals surface area contributed by atoms with E-state index >= 15 is 0 Å².